The highest BCUT2D eigenvalue weighted by molar-refractivity contribution is 6.06. The van der Waals surface area contributed by atoms with Crippen molar-refractivity contribution in [3.05, 3.63) is 63.5 Å². The molecule has 108 valence electrons. The van der Waals surface area contributed by atoms with Crippen LogP contribution in [0.25, 0.3) is 0 Å². The van der Waals surface area contributed by atoms with Crippen molar-refractivity contribution in [2.75, 3.05) is 11.1 Å². The van der Waals surface area contributed by atoms with E-state index < -0.39 is 16.6 Å². The second-order valence-electron chi connectivity index (χ2n) is 4.40. The molecule has 0 heterocycles. The molecule has 7 heteroatoms. The van der Waals surface area contributed by atoms with E-state index in [4.69, 9.17) is 5.73 Å². The van der Waals surface area contributed by atoms with E-state index >= 15 is 0 Å². The zero-order chi connectivity index (χ0) is 15.6. The minimum atomic E-state index is -0.638. The molecule has 0 saturated heterocycles. The average molecular weight is 289 g/mol. The number of nitrogens with zero attached hydrogens (tertiary/aromatic N) is 1. The molecule has 6 nitrogen and oxygen atoms in total. The van der Waals surface area contributed by atoms with Gasteiger partial charge in [0.2, 0.25) is 0 Å². The Morgan fingerprint density at radius 2 is 2.05 bits per heavy atom. The molecule has 3 N–H and O–H groups in total. The summed E-state index contributed by atoms with van der Waals surface area (Å²) in [6.07, 6.45) is 0. The first kappa shape index (κ1) is 14.4. The Morgan fingerprint density at radius 3 is 2.71 bits per heavy atom. The molecule has 21 heavy (non-hydrogen) atoms. The number of rotatable bonds is 3. The van der Waals surface area contributed by atoms with E-state index in [1.54, 1.807) is 0 Å². The zero-order valence-corrected chi connectivity index (χ0v) is 11.1. The Kier molecular flexibility index (Phi) is 3.84. The fraction of sp³-hybridized carbons (Fsp3) is 0.0714. The van der Waals surface area contributed by atoms with Crippen LogP contribution in [0.15, 0.2) is 36.4 Å². The summed E-state index contributed by atoms with van der Waals surface area (Å²) in [6.45, 7) is 1.46. The van der Waals surface area contributed by atoms with E-state index in [1.165, 1.54) is 37.3 Å². The first-order valence-corrected chi connectivity index (χ1v) is 6.00. The molecular weight excluding hydrogens is 277 g/mol. The van der Waals surface area contributed by atoms with Gasteiger partial charge in [-0.2, -0.15) is 0 Å². The first-order chi connectivity index (χ1) is 9.90. The van der Waals surface area contributed by atoms with Gasteiger partial charge in [-0.25, -0.2) is 4.39 Å². The van der Waals surface area contributed by atoms with Crippen molar-refractivity contribution in [3.8, 4) is 0 Å². The third-order valence-electron chi connectivity index (χ3n) is 2.99. The molecule has 0 aliphatic rings. The number of nitro groups is 1. The molecule has 0 spiro atoms. The summed E-state index contributed by atoms with van der Waals surface area (Å²) < 4.78 is 13.6. The lowest BCUT2D eigenvalue weighted by atomic mass is 10.1. The monoisotopic (exact) mass is 289 g/mol. The number of halogens is 1. The molecule has 0 aliphatic heterocycles. The Hall–Kier alpha value is -2.96. The number of hydrogen-bond donors (Lipinski definition) is 2. The van der Waals surface area contributed by atoms with Crippen molar-refractivity contribution in [2.24, 2.45) is 0 Å². The molecule has 0 fully saturated rings. The Morgan fingerprint density at radius 1 is 1.33 bits per heavy atom. The molecule has 0 aliphatic carbocycles. The van der Waals surface area contributed by atoms with Crippen molar-refractivity contribution in [1.82, 2.24) is 0 Å². The number of nitrogen functional groups attached to an aromatic ring is 1. The summed E-state index contributed by atoms with van der Waals surface area (Å²) in [5.41, 5.74) is 5.89. The largest absolute Gasteiger partial charge is 0.399 e. The number of amides is 1. The lowest BCUT2D eigenvalue weighted by Crippen LogP contribution is -2.15. The van der Waals surface area contributed by atoms with Crippen LogP contribution in [0.2, 0.25) is 0 Å². The molecule has 0 atom stereocenters. The van der Waals surface area contributed by atoms with E-state index in [1.807, 2.05) is 0 Å². The van der Waals surface area contributed by atoms with Gasteiger partial charge in [-0.05, 0) is 31.2 Å². The van der Waals surface area contributed by atoms with Gasteiger partial charge in [-0.15, -0.1) is 0 Å². The zero-order valence-electron chi connectivity index (χ0n) is 11.1. The molecule has 2 aromatic rings. The highest BCUT2D eigenvalue weighted by atomic mass is 19.1. The van der Waals surface area contributed by atoms with Crippen LogP contribution in [-0.4, -0.2) is 10.8 Å². The SMILES string of the molecule is Cc1c(C(=O)Nc2cc(N)ccc2F)cccc1[N+](=O)[O-]. The number of anilines is 2. The van der Waals surface area contributed by atoms with Crippen LogP contribution in [0.3, 0.4) is 0 Å². The van der Waals surface area contributed by atoms with E-state index in [-0.39, 0.29) is 22.5 Å². The first-order valence-electron chi connectivity index (χ1n) is 6.00. The molecule has 0 aromatic heterocycles. The lowest BCUT2D eigenvalue weighted by molar-refractivity contribution is -0.385. The number of benzene rings is 2. The third kappa shape index (κ3) is 2.97. The topological polar surface area (TPSA) is 98.3 Å². The molecule has 0 radical (unpaired) electrons. The summed E-state index contributed by atoms with van der Waals surface area (Å²) in [5.74, 6) is -1.28. The van der Waals surface area contributed by atoms with Crippen molar-refractivity contribution in [1.29, 1.82) is 0 Å². The predicted octanol–water partition coefficient (Wildman–Crippen LogP) is 2.88. The normalized spacial score (nSPS) is 10.2. The molecule has 2 rings (SSSR count). The van der Waals surface area contributed by atoms with Crippen LogP contribution in [0.1, 0.15) is 15.9 Å². The van der Waals surface area contributed by atoms with E-state index in [9.17, 15) is 19.3 Å². The van der Waals surface area contributed by atoms with Gasteiger partial charge in [-0.1, -0.05) is 6.07 Å². The van der Waals surface area contributed by atoms with Crippen LogP contribution < -0.4 is 11.1 Å². The molecule has 0 saturated carbocycles. The molecule has 0 bridgehead atoms. The third-order valence-corrected chi connectivity index (χ3v) is 2.99. The number of nitrogens with two attached hydrogens (primary N) is 1. The summed E-state index contributed by atoms with van der Waals surface area (Å²) in [6, 6.07) is 7.90. The van der Waals surface area contributed by atoms with Crippen LogP contribution in [0, 0.1) is 22.9 Å². The Balaban J connectivity index is 2.35. The summed E-state index contributed by atoms with van der Waals surface area (Å²) in [4.78, 5) is 22.4. The second kappa shape index (κ2) is 5.58. The molecule has 0 unspecified atom stereocenters. The maximum atomic E-state index is 13.6. The molecule has 2 aromatic carbocycles. The summed E-state index contributed by atoms with van der Waals surface area (Å²) in [5, 5.41) is 13.2. The minimum Gasteiger partial charge on any atom is -0.399 e. The smallest absolute Gasteiger partial charge is 0.273 e. The van der Waals surface area contributed by atoms with Crippen molar-refractivity contribution >= 4 is 23.0 Å². The number of carbonyl (C=O) groups excluding carboxylic acids is 1. The van der Waals surface area contributed by atoms with Gasteiger partial charge in [0.1, 0.15) is 5.82 Å². The maximum absolute atomic E-state index is 13.6. The fourth-order valence-electron chi connectivity index (χ4n) is 1.90. The van der Waals surface area contributed by atoms with Crippen LogP contribution >= 0.6 is 0 Å². The number of nitro benzene ring substituents is 1. The standard InChI is InChI=1S/C14H12FN3O3/c1-8-10(3-2-4-13(8)18(20)21)14(19)17-12-7-9(16)5-6-11(12)15/h2-7H,16H2,1H3,(H,17,19). The van der Waals surface area contributed by atoms with Gasteiger partial charge in [0.05, 0.1) is 10.6 Å². The van der Waals surface area contributed by atoms with Gasteiger partial charge in [0.15, 0.2) is 0 Å². The van der Waals surface area contributed by atoms with Crippen molar-refractivity contribution < 1.29 is 14.1 Å². The fourth-order valence-corrected chi connectivity index (χ4v) is 1.90. The maximum Gasteiger partial charge on any atom is 0.273 e. The van der Waals surface area contributed by atoms with Crippen molar-refractivity contribution in [3.63, 3.8) is 0 Å². The van der Waals surface area contributed by atoms with Gasteiger partial charge in [0.25, 0.3) is 11.6 Å². The van der Waals surface area contributed by atoms with Gasteiger partial charge in [-0.3, -0.25) is 14.9 Å². The van der Waals surface area contributed by atoms with Crippen LogP contribution in [0.4, 0.5) is 21.5 Å². The Bertz CT molecular complexity index is 731. The quantitative estimate of drug-likeness (QED) is 0.515. The van der Waals surface area contributed by atoms with Crippen LogP contribution in [-0.2, 0) is 0 Å². The van der Waals surface area contributed by atoms with Crippen LogP contribution in [0.5, 0.6) is 0 Å². The van der Waals surface area contributed by atoms with E-state index in [2.05, 4.69) is 5.32 Å². The number of nitrogens with one attached hydrogen (secondary N) is 1. The summed E-state index contributed by atoms with van der Waals surface area (Å²) in [7, 11) is 0. The number of hydrogen-bond acceptors (Lipinski definition) is 4. The van der Waals surface area contributed by atoms with E-state index in [0.29, 0.717) is 5.69 Å². The van der Waals surface area contributed by atoms with Gasteiger partial charge < -0.3 is 11.1 Å². The Labute approximate surface area is 119 Å². The highest BCUT2D eigenvalue weighted by Gasteiger charge is 2.18. The van der Waals surface area contributed by atoms with Crippen molar-refractivity contribution in [2.45, 2.75) is 6.92 Å². The lowest BCUT2D eigenvalue weighted by Gasteiger charge is -2.09. The van der Waals surface area contributed by atoms with Gasteiger partial charge >= 0.3 is 0 Å². The second-order valence-corrected chi connectivity index (χ2v) is 4.40. The molecule has 1 amide bonds. The van der Waals surface area contributed by atoms with Gasteiger partial charge in [0, 0.05) is 22.9 Å². The predicted molar refractivity (Wildman–Crippen MR) is 76.6 cm³/mol. The average Bonchev–Trinajstić information content (AvgIpc) is 2.42. The molecular formula is C14H12FN3O3. The van der Waals surface area contributed by atoms with E-state index in [0.717, 1.165) is 6.07 Å². The minimum absolute atomic E-state index is 0.0779. The summed E-state index contributed by atoms with van der Waals surface area (Å²) >= 11 is 0. The number of carbonyl (C=O) groups is 1. The highest BCUT2D eigenvalue weighted by Crippen LogP contribution is 2.23.